The second kappa shape index (κ2) is 24.6. The predicted molar refractivity (Wildman–Crippen MR) is 176 cm³/mol. The van der Waals surface area contributed by atoms with Crippen LogP contribution in [0.1, 0.15) is 169 Å². The van der Waals surface area contributed by atoms with Crippen LogP contribution in [0.2, 0.25) is 0 Å². The first-order valence-corrected chi connectivity index (χ1v) is 17.2. The van der Waals surface area contributed by atoms with Gasteiger partial charge in [0.25, 0.3) is 0 Å². The molecule has 0 saturated carbocycles. The van der Waals surface area contributed by atoms with Gasteiger partial charge in [-0.3, -0.25) is 0 Å². The minimum absolute atomic E-state index is 0.359. The van der Waals surface area contributed by atoms with Crippen LogP contribution in [-0.4, -0.2) is 24.8 Å². The summed E-state index contributed by atoms with van der Waals surface area (Å²) in [6.45, 7) is 11.5. The van der Waals surface area contributed by atoms with Crippen molar-refractivity contribution in [3.63, 3.8) is 0 Å². The minimum atomic E-state index is -0.526. The smallest absolute Gasteiger partial charge is 0.331 e. The molecule has 41 heavy (non-hydrogen) atoms. The first-order chi connectivity index (χ1) is 19.9. The molecule has 236 valence electrons. The average Bonchev–Trinajstić information content (AvgIpc) is 2.93. The van der Waals surface area contributed by atoms with E-state index in [1.54, 1.807) is 6.08 Å². The minimum Gasteiger partial charge on any atom is -0.493 e. The van der Waals surface area contributed by atoms with Gasteiger partial charge in [-0.25, -0.2) is 4.79 Å². The highest BCUT2D eigenvalue weighted by atomic mass is 16.6. The summed E-state index contributed by atoms with van der Waals surface area (Å²) in [6, 6.07) is 5.92. The van der Waals surface area contributed by atoms with E-state index in [2.05, 4.69) is 13.8 Å². The zero-order valence-corrected chi connectivity index (χ0v) is 27.6. The van der Waals surface area contributed by atoms with Crippen molar-refractivity contribution in [2.75, 3.05) is 13.2 Å². The summed E-state index contributed by atoms with van der Waals surface area (Å²) in [7, 11) is 0. The van der Waals surface area contributed by atoms with Gasteiger partial charge in [0.2, 0.25) is 0 Å². The number of ether oxygens (including phenoxy) is 3. The Kier molecular flexibility index (Phi) is 22.2. The normalized spacial score (nSPS) is 11.7. The molecule has 0 N–H and O–H groups in total. The summed E-state index contributed by atoms with van der Waals surface area (Å²) >= 11 is 0. The lowest BCUT2D eigenvalue weighted by Crippen LogP contribution is -2.22. The number of carbonyl (C=O) groups excluding carboxylic acids is 1. The Labute approximate surface area is 254 Å². The van der Waals surface area contributed by atoms with Gasteiger partial charge >= 0.3 is 5.97 Å². The van der Waals surface area contributed by atoms with Gasteiger partial charge in [-0.15, -0.1) is 0 Å². The van der Waals surface area contributed by atoms with E-state index in [-0.39, 0.29) is 5.97 Å². The highest BCUT2D eigenvalue weighted by Crippen LogP contribution is 2.31. The third-order valence-electron chi connectivity index (χ3n) is 7.33. The van der Waals surface area contributed by atoms with Crippen molar-refractivity contribution in [2.24, 2.45) is 0 Å². The van der Waals surface area contributed by atoms with Gasteiger partial charge in [0.15, 0.2) is 0 Å². The standard InChI is InChI=1S/C37H64O4/c1-6-8-10-12-14-16-18-20-22-24-31-39-34-27-26-28-35(33(34)29-30-36(38)41-37(3,4)5)40-32-25-23-21-19-17-15-13-11-9-7-2/h26-30H,6-25,31-32H2,1-5H3. The molecule has 0 heterocycles. The maximum absolute atomic E-state index is 12.4. The number of rotatable bonds is 26. The molecule has 0 aliphatic rings. The van der Waals surface area contributed by atoms with Crippen LogP contribution in [0.15, 0.2) is 24.3 Å². The van der Waals surface area contributed by atoms with Crippen LogP contribution in [0.4, 0.5) is 0 Å². The summed E-state index contributed by atoms with van der Waals surface area (Å²) in [5.74, 6) is 1.17. The van der Waals surface area contributed by atoms with E-state index in [1.165, 1.54) is 122 Å². The second-order valence-electron chi connectivity index (χ2n) is 12.6. The molecule has 0 fully saturated rings. The monoisotopic (exact) mass is 572 g/mol. The molecule has 0 unspecified atom stereocenters. The molecule has 0 amide bonds. The summed E-state index contributed by atoms with van der Waals surface area (Å²) in [6.07, 6.45) is 29.2. The van der Waals surface area contributed by atoms with Crippen molar-refractivity contribution in [1.82, 2.24) is 0 Å². The molecule has 1 aromatic carbocycles. The Morgan fingerprint density at radius 2 is 0.976 bits per heavy atom. The predicted octanol–water partition coefficient (Wildman–Crippen LogP) is 11.6. The molecule has 0 radical (unpaired) electrons. The van der Waals surface area contributed by atoms with Crippen LogP contribution >= 0.6 is 0 Å². The van der Waals surface area contributed by atoms with Crippen LogP contribution in [-0.2, 0) is 9.53 Å². The molecule has 4 heteroatoms. The maximum atomic E-state index is 12.4. The second-order valence-corrected chi connectivity index (χ2v) is 12.6. The number of esters is 1. The summed E-state index contributed by atoms with van der Waals surface area (Å²) < 4.78 is 17.9. The highest BCUT2D eigenvalue weighted by Gasteiger charge is 2.15. The maximum Gasteiger partial charge on any atom is 0.331 e. The van der Waals surface area contributed by atoms with Gasteiger partial charge in [0.1, 0.15) is 17.1 Å². The zero-order valence-electron chi connectivity index (χ0n) is 27.6. The lowest BCUT2D eigenvalue weighted by Gasteiger charge is -2.18. The number of unbranched alkanes of at least 4 members (excludes halogenated alkanes) is 18. The average molecular weight is 573 g/mol. The summed E-state index contributed by atoms with van der Waals surface area (Å²) in [5.41, 5.74) is 0.291. The molecular formula is C37H64O4. The Morgan fingerprint density at radius 1 is 0.610 bits per heavy atom. The molecule has 0 saturated heterocycles. The fraction of sp³-hybridized carbons (Fsp3) is 0.757. The van der Waals surface area contributed by atoms with Crippen molar-refractivity contribution in [3.8, 4) is 11.5 Å². The van der Waals surface area contributed by atoms with E-state index in [9.17, 15) is 4.79 Å². The largest absolute Gasteiger partial charge is 0.493 e. The van der Waals surface area contributed by atoms with Gasteiger partial charge in [0, 0.05) is 6.08 Å². The number of carbonyl (C=O) groups is 1. The fourth-order valence-electron chi connectivity index (χ4n) is 4.97. The van der Waals surface area contributed by atoms with E-state index in [0.29, 0.717) is 13.2 Å². The molecule has 0 spiro atoms. The third kappa shape index (κ3) is 21.4. The van der Waals surface area contributed by atoms with Gasteiger partial charge in [-0.05, 0) is 51.8 Å². The van der Waals surface area contributed by atoms with E-state index < -0.39 is 5.60 Å². The lowest BCUT2D eigenvalue weighted by atomic mass is 10.1. The molecule has 0 aliphatic carbocycles. The summed E-state index contributed by atoms with van der Waals surface area (Å²) in [4.78, 5) is 12.4. The topological polar surface area (TPSA) is 44.8 Å². The molecular weight excluding hydrogens is 508 g/mol. The number of hydrogen-bond acceptors (Lipinski definition) is 4. The fourth-order valence-corrected chi connectivity index (χ4v) is 4.97. The highest BCUT2D eigenvalue weighted by molar-refractivity contribution is 5.88. The van der Waals surface area contributed by atoms with Crippen LogP contribution in [0.25, 0.3) is 6.08 Å². The van der Waals surface area contributed by atoms with Crippen LogP contribution < -0.4 is 9.47 Å². The Hall–Kier alpha value is -1.97. The van der Waals surface area contributed by atoms with E-state index in [0.717, 1.165) is 29.9 Å². The first kappa shape index (κ1) is 37.1. The Morgan fingerprint density at radius 3 is 1.34 bits per heavy atom. The van der Waals surface area contributed by atoms with Crippen LogP contribution in [0.5, 0.6) is 11.5 Å². The molecule has 0 aliphatic heterocycles. The van der Waals surface area contributed by atoms with E-state index in [4.69, 9.17) is 14.2 Å². The lowest BCUT2D eigenvalue weighted by molar-refractivity contribution is -0.148. The Balaban J connectivity index is 2.52. The van der Waals surface area contributed by atoms with Gasteiger partial charge in [-0.1, -0.05) is 135 Å². The van der Waals surface area contributed by atoms with Crippen LogP contribution in [0.3, 0.4) is 0 Å². The van der Waals surface area contributed by atoms with Crippen molar-refractivity contribution < 1.29 is 19.0 Å². The molecule has 1 aromatic rings. The van der Waals surface area contributed by atoms with E-state index >= 15 is 0 Å². The van der Waals surface area contributed by atoms with Crippen molar-refractivity contribution >= 4 is 12.0 Å². The van der Waals surface area contributed by atoms with Crippen molar-refractivity contribution in [2.45, 2.75) is 169 Å². The van der Waals surface area contributed by atoms with Crippen LogP contribution in [0, 0.1) is 0 Å². The first-order valence-electron chi connectivity index (χ1n) is 17.2. The molecule has 1 rings (SSSR count). The molecule has 0 atom stereocenters. The number of benzene rings is 1. The molecule has 0 bridgehead atoms. The van der Waals surface area contributed by atoms with Gasteiger partial charge < -0.3 is 14.2 Å². The van der Waals surface area contributed by atoms with Gasteiger partial charge in [0.05, 0.1) is 18.8 Å². The Bertz CT molecular complexity index is 748. The van der Waals surface area contributed by atoms with Crippen molar-refractivity contribution in [3.05, 3.63) is 29.8 Å². The van der Waals surface area contributed by atoms with Crippen molar-refractivity contribution in [1.29, 1.82) is 0 Å². The quantitative estimate of drug-likeness (QED) is 0.0629. The third-order valence-corrected chi connectivity index (χ3v) is 7.33. The number of hydrogen-bond donors (Lipinski definition) is 0. The zero-order chi connectivity index (χ0) is 30.0. The van der Waals surface area contributed by atoms with E-state index in [1.807, 2.05) is 39.0 Å². The molecule has 0 aromatic heterocycles. The SMILES string of the molecule is CCCCCCCCCCCCOc1cccc(OCCCCCCCCCCCC)c1C=CC(=O)OC(C)(C)C. The molecule has 4 nitrogen and oxygen atoms in total. The summed E-state index contributed by atoms with van der Waals surface area (Å²) in [5, 5.41) is 0. The van der Waals surface area contributed by atoms with Gasteiger partial charge in [-0.2, -0.15) is 0 Å².